The molecule has 1 aromatic rings. The molecule has 1 heterocycles. The number of nitrogens with zero attached hydrogens (tertiary/aromatic N) is 3. The number of hydrogen-bond acceptors (Lipinski definition) is 4. The lowest BCUT2D eigenvalue weighted by Gasteiger charge is -2.33. The average molecular weight is 253 g/mol. The monoisotopic (exact) mass is 253 g/mol. The second-order valence-corrected chi connectivity index (χ2v) is 6.47. The van der Waals surface area contributed by atoms with Crippen molar-refractivity contribution in [2.45, 2.75) is 53.1 Å². The lowest BCUT2D eigenvalue weighted by atomic mass is 9.82. The fraction of sp³-hybridized carbons (Fsp3) is 0.750. The number of amides is 1. The van der Waals surface area contributed by atoms with Crippen molar-refractivity contribution in [3.05, 3.63) is 6.33 Å². The minimum absolute atomic E-state index is 0.0887. The number of nitrogen functional groups attached to an aromatic ring is 1. The summed E-state index contributed by atoms with van der Waals surface area (Å²) >= 11 is 0. The van der Waals surface area contributed by atoms with Gasteiger partial charge in [-0.25, -0.2) is 9.67 Å². The predicted molar refractivity (Wildman–Crippen MR) is 70.7 cm³/mol. The fourth-order valence-corrected chi connectivity index (χ4v) is 2.32. The molecular weight excluding hydrogens is 230 g/mol. The minimum Gasteiger partial charge on any atom is -0.367 e. The highest BCUT2D eigenvalue weighted by molar-refractivity contribution is 5.76. The highest BCUT2D eigenvalue weighted by Gasteiger charge is 2.26. The molecule has 1 rings (SSSR count). The first-order valence-electron chi connectivity index (χ1n) is 6.03. The van der Waals surface area contributed by atoms with Gasteiger partial charge in [0.2, 0.25) is 11.9 Å². The molecule has 0 spiro atoms. The van der Waals surface area contributed by atoms with Gasteiger partial charge in [-0.15, -0.1) is 5.10 Å². The maximum Gasteiger partial charge on any atom is 0.242 e. The van der Waals surface area contributed by atoms with Crippen LogP contribution < -0.4 is 11.1 Å². The summed E-state index contributed by atoms with van der Waals surface area (Å²) in [6.45, 7) is 10.6. The van der Waals surface area contributed by atoms with Crippen molar-refractivity contribution >= 4 is 11.9 Å². The number of anilines is 1. The van der Waals surface area contributed by atoms with E-state index in [-0.39, 0.29) is 29.4 Å². The van der Waals surface area contributed by atoms with Crippen molar-refractivity contribution in [1.29, 1.82) is 0 Å². The van der Waals surface area contributed by atoms with Crippen LogP contribution in [0.2, 0.25) is 0 Å². The molecule has 6 heteroatoms. The molecule has 18 heavy (non-hydrogen) atoms. The van der Waals surface area contributed by atoms with Gasteiger partial charge in [-0.2, -0.15) is 0 Å². The first-order chi connectivity index (χ1) is 8.07. The van der Waals surface area contributed by atoms with Gasteiger partial charge in [0.1, 0.15) is 12.9 Å². The molecule has 0 atom stereocenters. The number of carbonyl (C=O) groups excluding carboxylic acids is 1. The Labute approximate surface area is 108 Å². The molecule has 0 aliphatic carbocycles. The lowest BCUT2D eigenvalue weighted by Crippen LogP contribution is -2.47. The van der Waals surface area contributed by atoms with Crippen LogP contribution in [0.25, 0.3) is 0 Å². The van der Waals surface area contributed by atoms with Crippen LogP contribution >= 0.6 is 0 Å². The molecule has 0 aromatic carbocycles. The summed E-state index contributed by atoms with van der Waals surface area (Å²) in [5.41, 5.74) is 5.30. The van der Waals surface area contributed by atoms with E-state index in [2.05, 4.69) is 36.2 Å². The molecule has 0 aliphatic rings. The molecule has 102 valence electrons. The van der Waals surface area contributed by atoms with Gasteiger partial charge in [0.25, 0.3) is 0 Å². The number of nitrogens with two attached hydrogens (primary N) is 1. The summed E-state index contributed by atoms with van der Waals surface area (Å²) < 4.78 is 1.43. The van der Waals surface area contributed by atoms with E-state index in [1.165, 1.54) is 11.0 Å². The summed E-state index contributed by atoms with van der Waals surface area (Å²) in [6.07, 6.45) is 2.34. The SMILES string of the molecule is CC(C)(C)CC(C)(C)NC(=O)Cn1cnc(N)n1. The van der Waals surface area contributed by atoms with Crippen molar-refractivity contribution in [1.82, 2.24) is 20.1 Å². The van der Waals surface area contributed by atoms with Crippen LogP contribution in [-0.4, -0.2) is 26.2 Å². The summed E-state index contributed by atoms with van der Waals surface area (Å²) in [4.78, 5) is 15.7. The zero-order chi connectivity index (χ0) is 14.0. The van der Waals surface area contributed by atoms with Gasteiger partial charge >= 0.3 is 0 Å². The topological polar surface area (TPSA) is 85.8 Å². The smallest absolute Gasteiger partial charge is 0.242 e. The Morgan fingerprint density at radius 3 is 2.44 bits per heavy atom. The van der Waals surface area contributed by atoms with Crippen LogP contribution in [0.5, 0.6) is 0 Å². The molecule has 3 N–H and O–H groups in total. The number of aromatic nitrogens is 3. The zero-order valence-corrected chi connectivity index (χ0v) is 11.8. The second-order valence-electron chi connectivity index (χ2n) is 6.47. The molecule has 1 amide bonds. The van der Waals surface area contributed by atoms with Crippen molar-refractivity contribution in [2.24, 2.45) is 5.41 Å². The van der Waals surface area contributed by atoms with Crippen LogP contribution in [0, 0.1) is 5.41 Å². The van der Waals surface area contributed by atoms with Gasteiger partial charge < -0.3 is 11.1 Å². The van der Waals surface area contributed by atoms with E-state index in [9.17, 15) is 4.79 Å². The van der Waals surface area contributed by atoms with Gasteiger partial charge in [-0.3, -0.25) is 4.79 Å². The van der Waals surface area contributed by atoms with Crippen LogP contribution in [-0.2, 0) is 11.3 Å². The zero-order valence-electron chi connectivity index (χ0n) is 11.8. The van der Waals surface area contributed by atoms with Crippen LogP contribution in [0.15, 0.2) is 6.33 Å². The normalized spacial score (nSPS) is 12.5. The molecule has 0 saturated heterocycles. The third-order valence-electron chi connectivity index (χ3n) is 2.31. The van der Waals surface area contributed by atoms with Crippen molar-refractivity contribution in [2.75, 3.05) is 5.73 Å². The molecule has 0 bridgehead atoms. The van der Waals surface area contributed by atoms with Crippen LogP contribution in [0.1, 0.15) is 41.0 Å². The molecule has 6 nitrogen and oxygen atoms in total. The minimum atomic E-state index is -0.249. The highest BCUT2D eigenvalue weighted by Crippen LogP contribution is 2.26. The Morgan fingerprint density at radius 2 is 2.00 bits per heavy atom. The first-order valence-corrected chi connectivity index (χ1v) is 6.03. The van der Waals surface area contributed by atoms with Crippen LogP contribution in [0.4, 0.5) is 5.95 Å². The van der Waals surface area contributed by atoms with E-state index < -0.39 is 0 Å². The standard InChI is InChI=1S/C12H23N5O/c1-11(2,3)7-12(4,5)15-9(18)6-17-8-14-10(13)16-17/h8H,6-7H2,1-5H3,(H2,13,16)(H,15,18). The molecular formula is C12H23N5O. The molecule has 0 unspecified atom stereocenters. The first kappa shape index (κ1) is 14.5. The Bertz CT molecular complexity index is 416. The third-order valence-corrected chi connectivity index (χ3v) is 2.31. The molecule has 0 saturated carbocycles. The number of carbonyl (C=O) groups is 1. The largest absolute Gasteiger partial charge is 0.367 e. The van der Waals surface area contributed by atoms with Gasteiger partial charge in [0.05, 0.1) is 0 Å². The van der Waals surface area contributed by atoms with Crippen molar-refractivity contribution < 1.29 is 4.79 Å². The van der Waals surface area contributed by atoms with E-state index in [0.717, 1.165) is 6.42 Å². The van der Waals surface area contributed by atoms with E-state index in [4.69, 9.17) is 5.73 Å². The number of rotatable bonds is 4. The highest BCUT2D eigenvalue weighted by atomic mass is 16.2. The summed E-state index contributed by atoms with van der Waals surface area (Å²) in [5.74, 6) is 0.0888. The Hall–Kier alpha value is -1.59. The summed E-state index contributed by atoms with van der Waals surface area (Å²) in [5, 5.41) is 6.88. The molecule has 0 aliphatic heterocycles. The van der Waals surface area contributed by atoms with E-state index in [1.807, 2.05) is 13.8 Å². The van der Waals surface area contributed by atoms with Crippen molar-refractivity contribution in [3.8, 4) is 0 Å². The summed E-state index contributed by atoms with van der Waals surface area (Å²) in [6, 6.07) is 0. The van der Waals surface area contributed by atoms with Crippen LogP contribution in [0.3, 0.4) is 0 Å². The molecule has 0 fully saturated rings. The van der Waals surface area contributed by atoms with Gasteiger partial charge in [-0.1, -0.05) is 20.8 Å². The average Bonchev–Trinajstić information content (AvgIpc) is 2.44. The van der Waals surface area contributed by atoms with E-state index >= 15 is 0 Å². The third kappa shape index (κ3) is 5.16. The Morgan fingerprint density at radius 1 is 1.39 bits per heavy atom. The Kier molecular flexibility index (Phi) is 3.98. The van der Waals surface area contributed by atoms with Crippen molar-refractivity contribution in [3.63, 3.8) is 0 Å². The van der Waals surface area contributed by atoms with Gasteiger partial charge in [-0.05, 0) is 25.7 Å². The number of nitrogens with one attached hydrogen (secondary N) is 1. The predicted octanol–water partition coefficient (Wildman–Crippen LogP) is 1.19. The van der Waals surface area contributed by atoms with Gasteiger partial charge in [0.15, 0.2) is 0 Å². The van der Waals surface area contributed by atoms with E-state index in [0.29, 0.717) is 0 Å². The Balaban J connectivity index is 2.54. The quantitative estimate of drug-likeness (QED) is 0.844. The second kappa shape index (κ2) is 4.96. The maximum atomic E-state index is 11.9. The molecule has 1 aromatic heterocycles. The fourth-order valence-electron chi connectivity index (χ4n) is 2.32. The van der Waals surface area contributed by atoms with E-state index in [1.54, 1.807) is 0 Å². The number of hydrogen-bond donors (Lipinski definition) is 2. The maximum absolute atomic E-state index is 11.9. The van der Waals surface area contributed by atoms with Gasteiger partial charge in [0, 0.05) is 5.54 Å². The molecule has 0 radical (unpaired) electrons. The summed E-state index contributed by atoms with van der Waals surface area (Å²) in [7, 11) is 0. The lowest BCUT2D eigenvalue weighted by molar-refractivity contribution is -0.123.